The summed E-state index contributed by atoms with van der Waals surface area (Å²) in [6.07, 6.45) is 0. The van der Waals surface area contributed by atoms with Gasteiger partial charge >= 0.3 is 0 Å². The van der Waals surface area contributed by atoms with Crippen LogP contribution in [-0.2, 0) is 6.54 Å². The molecule has 3 aromatic rings. The third kappa shape index (κ3) is 1.79. The first-order chi connectivity index (χ1) is 9.43. The van der Waals surface area contributed by atoms with Crippen LogP contribution in [-0.4, -0.2) is 6.54 Å². The second kappa shape index (κ2) is 4.48. The first-order valence-corrected chi connectivity index (χ1v) is 7.56. The first-order valence-electron chi connectivity index (χ1n) is 6.68. The van der Waals surface area contributed by atoms with Gasteiger partial charge < -0.3 is 5.32 Å². The molecule has 0 spiro atoms. The van der Waals surface area contributed by atoms with Gasteiger partial charge in [-0.3, -0.25) is 0 Å². The second-order valence-corrected chi connectivity index (χ2v) is 6.01. The van der Waals surface area contributed by atoms with Gasteiger partial charge in [0.2, 0.25) is 0 Å². The van der Waals surface area contributed by atoms with E-state index in [1.807, 2.05) is 11.3 Å². The lowest BCUT2D eigenvalue weighted by Crippen LogP contribution is -2.28. The Morgan fingerprint density at radius 2 is 1.84 bits per heavy atom. The molecule has 2 heterocycles. The number of hydrogen-bond donors (Lipinski definition) is 1. The number of hydrogen-bond acceptors (Lipinski definition) is 2. The molecule has 1 atom stereocenters. The van der Waals surface area contributed by atoms with Crippen LogP contribution in [0.2, 0.25) is 0 Å². The number of nitrogens with one attached hydrogen (secondary N) is 1. The maximum absolute atomic E-state index is 3.55. The standard InChI is InChI=1S/C17H15NS/c1-2-5-13-12(4-1)10-18-11-16(13)14-6-3-7-17-15(14)8-9-19-17/h1-9,16,18H,10-11H2. The summed E-state index contributed by atoms with van der Waals surface area (Å²) in [7, 11) is 0. The van der Waals surface area contributed by atoms with Gasteiger partial charge in [0.05, 0.1) is 0 Å². The van der Waals surface area contributed by atoms with Crippen LogP contribution in [0.3, 0.4) is 0 Å². The topological polar surface area (TPSA) is 12.0 Å². The Morgan fingerprint density at radius 1 is 0.947 bits per heavy atom. The van der Waals surface area contributed by atoms with E-state index in [1.165, 1.54) is 26.8 Å². The molecule has 1 nitrogen and oxygen atoms in total. The smallest absolute Gasteiger partial charge is 0.0345 e. The van der Waals surface area contributed by atoms with Gasteiger partial charge in [-0.1, -0.05) is 36.4 Å². The van der Waals surface area contributed by atoms with Crippen molar-refractivity contribution in [3.63, 3.8) is 0 Å². The average molecular weight is 265 g/mol. The molecular formula is C17H15NS. The molecule has 94 valence electrons. The van der Waals surface area contributed by atoms with Gasteiger partial charge in [0, 0.05) is 23.7 Å². The molecular weight excluding hydrogens is 250 g/mol. The first kappa shape index (κ1) is 11.2. The maximum atomic E-state index is 3.55. The lowest BCUT2D eigenvalue weighted by Gasteiger charge is -2.27. The van der Waals surface area contributed by atoms with Gasteiger partial charge in [0.1, 0.15) is 0 Å². The van der Waals surface area contributed by atoms with E-state index in [0.717, 1.165) is 13.1 Å². The van der Waals surface area contributed by atoms with Crippen LogP contribution in [0.15, 0.2) is 53.9 Å². The molecule has 0 saturated heterocycles. The Hall–Kier alpha value is -1.64. The Bertz CT molecular complexity index is 729. The van der Waals surface area contributed by atoms with Crippen LogP contribution in [0.4, 0.5) is 0 Å². The summed E-state index contributed by atoms with van der Waals surface area (Å²) >= 11 is 1.83. The molecule has 1 aliphatic heterocycles. The van der Waals surface area contributed by atoms with E-state index in [2.05, 4.69) is 59.2 Å². The van der Waals surface area contributed by atoms with Gasteiger partial charge in [-0.15, -0.1) is 11.3 Å². The van der Waals surface area contributed by atoms with Gasteiger partial charge in [0.25, 0.3) is 0 Å². The van der Waals surface area contributed by atoms with E-state index in [1.54, 1.807) is 0 Å². The van der Waals surface area contributed by atoms with Gasteiger partial charge in [0.15, 0.2) is 0 Å². The molecule has 0 bridgehead atoms. The highest BCUT2D eigenvalue weighted by atomic mass is 32.1. The quantitative estimate of drug-likeness (QED) is 0.697. The van der Waals surface area contributed by atoms with Crippen molar-refractivity contribution in [3.05, 3.63) is 70.6 Å². The van der Waals surface area contributed by atoms with E-state index in [-0.39, 0.29) is 0 Å². The molecule has 0 fully saturated rings. The Balaban J connectivity index is 1.92. The number of thiophene rings is 1. The Morgan fingerprint density at radius 3 is 2.84 bits per heavy atom. The Kier molecular flexibility index (Phi) is 2.64. The largest absolute Gasteiger partial charge is 0.312 e. The van der Waals surface area contributed by atoms with Crippen LogP contribution in [0.5, 0.6) is 0 Å². The molecule has 1 aliphatic rings. The zero-order valence-corrected chi connectivity index (χ0v) is 11.4. The van der Waals surface area contributed by atoms with Crippen molar-refractivity contribution in [1.82, 2.24) is 5.32 Å². The summed E-state index contributed by atoms with van der Waals surface area (Å²) in [5.74, 6) is 0.475. The van der Waals surface area contributed by atoms with Crippen molar-refractivity contribution in [2.75, 3.05) is 6.54 Å². The molecule has 0 radical (unpaired) electrons. The monoisotopic (exact) mass is 265 g/mol. The zero-order chi connectivity index (χ0) is 12.7. The summed E-state index contributed by atoms with van der Waals surface area (Å²) in [4.78, 5) is 0. The maximum Gasteiger partial charge on any atom is 0.0345 e. The van der Waals surface area contributed by atoms with Crippen molar-refractivity contribution in [3.8, 4) is 0 Å². The van der Waals surface area contributed by atoms with E-state index in [9.17, 15) is 0 Å². The highest BCUT2D eigenvalue weighted by Crippen LogP contribution is 2.35. The number of rotatable bonds is 1. The summed E-state index contributed by atoms with van der Waals surface area (Å²) in [6.45, 7) is 2.03. The summed E-state index contributed by atoms with van der Waals surface area (Å²) in [6, 6.07) is 17.8. The van der Waals surface area contributed by atoms with Crippen molar-refractivity contribution < 1.29 is 0 Å². The molecule has 19 heavy (non-hydrogen) atoms. The van der Waals surface area contributed by atoms with E-state index in [4.69, 9.17) is 0 Å². The molecule has 2 heteroatoms. The van der Waals surface area contributed by atoms with Crippen molar-refractivity contribution in [2.24, 2.45) is 0 Å². The van der Waals surface area contributed by atoms with Crippen LogP contribution < -0.4 is 5.32 Å². The van der Waals surface area contributed by atoms with Gasteiger partial charge in [-0.2, -0.15) is 0 Å². The normalized spacial score (nSPS) is 18.4. The number of benzene rings is 2. The van der Waals surface area contributed by atoms with Crippen LogP contribution in [0, 0.1) is 0 Å². The minimum atomic E-state index is 0.475. The molecule has 0 amide bonds. The van der Waals surface area contributed by atoms with Crippen LogP contribution in [0.25, 0.3) is 10.1 Å². The minimum Gasteiger partial charge on any atom is -0.312 e. The fourth-order valence-electron chi connectivity index (χ4n) is 3.10. The molecule has 1 aromatic heterocycles. The van der Waals surface area contributed by atoms with Crippen LogP contribution >= 0.6 is 11.3 Å². The fraction of sp³-hybridized carbons (Fsp3) is 0.176. The van der Waals surface area contributed by atoms with Gasteiger partial charge in [-0.05, 0) is 39.6 Å². The summed E-state index contributed by atoms with van der Waals surface area (Å²) in [5, 5.41) is 7.15. The molecule has 1 N–H and O–H groups in total. The molecule has 2 aromatic carbocycles. The summed E-state index contributed by atoms with van der Waals surface area (Å²) in [5.41, 5.74) is 4.38. The van der Waals surface area contributed by atoms with Crippen molar-refractivity contribution >= 4 is 21.4 Å². The lowest BCUT2D eigenvalue weighted by molar-refractivity contribution is 0.593. The van der Waals surface area contributed by atoms with Gasteiger partial charge in [-0.25, -0.2) is 0 Å². The fourth-order valence-corrected chi connectivity index (χ4v) is 3.92. The molecule has 0 saturated carbocycles. The van der Waals surface area contributed by atoms with Crippen LogP contribution in [0.1, 0.15) is 22.6 Å². The third-order valence-electron chi connectivity index (χ3n) is 4.00. The predicted octanol–water partition coefficient (Wildman–Crippen LogP) is 4.14. The highest BCUT2D eigenvalue weighted by Gasteiger charge is 2.22. The predicted molar refractivity (Wildman–Crippen MR) is 81.8 cm³/mol. The SMILES string of the molecule is c1ccc2c(c1)CNCC2c1cccc2sccc12. The van der Waals surface area contributed by atoms with E-state index in [0.29, 0.717) is 5.92 Å². The van der Waals surface area contributed by atoms with E-state index < -0.39 is 0 Å². The minimum absolute atomic E-state index is 0.475. The third-order valence-corrected chi connectivity index (χ3v) is 4.88. The van der Waals surface area contributed by atoms with Crippen molar-refractivity contribution in [1.29, 1.82) is 0 Å². The zero-order valence-electron chi connectivity index (χ0n) is 10.6. The number of fused-ring (bicyclic) bond motifs is 2. The average Bonchev–Trinajstić information content (AvgIpc) is 2.95. The lowest BCUT2D eigenvalue weighted by atomic mass is 9.84. The second-order valence-electron chi connectivity index (χ2n) is 5.06. The van der Waals surface area contributed by atoms with Crippen molar-refractivity contribution in [2.45, 2.75) is 12.5 Å². The Labute approximate surface area is 116 Å². The highest BCUT2D eigenvalue weighted by molar-refractivity contribution is 7.17. The molecule has 4 rings (SSSR count). The van der Waals surface area contributed by atoms with E-state index >= 15 is 0 Å². The summed E-state index contributed by atoms with van der Waals surface area (Å²) < 4.78 is 1.39. The molecule has 0 aliphatic carbocycles. The molecule has 1 unspecified atom stereocenters.